The van der Waals surface area contributed by atoms with Crippen molar-refractivity contribution in [2.45, 2.75) is 84.2 Å². The molecule has 2 unspecified atom stereocenters. The molecule has 0 aliphatic heterocycles. The maximum Gasteiger partial charge on any atom is 0.323 e. The Morgan fingerprint density at radius 1 is 1.21 bits per heavy atom. The van der Waals surface area contributed by atoms with Crippen LogP contribution in [-0.2, 0) is 9.53 Å². The monoisotopic (exact) mass is 269 g/mol. The molecule has 1 fully saturated rings. The van der Waals surface area contributed by atoms with Crippen molar-refractivity contribution in [3.63, 3.8) is 0 Å². The predicted molar refractivity (Wildman–Crippen MR) is 79.1 cm³/mol. The lowest BCUT2D eigenvalue weighted by atomic mass is 9.82. The third-order valence-electron chi connectivity index (χ3n) is 4.22. The molecule has 1 rings (SSSR count). The molecule has 0 saturated heterocycles. The van der Waals surface area contributed by atoms with Gasteiger partial charge in [-0.2, -0.15) is 0 Å². The van der Waals surface area contributed by atoms with Gasteiger partial charge in [0, 0.05) is 6.04 Å². The number of ether oxygens (including phenoxy) is 1. The summed E-state index contributed by atoms with van der Waals surface area (Å²) in [5.41, 5.74) is 0. The van der Waals surface area contributed by atoms with Gasteiger partial charge in [-0.1, -0.05) is 39.5 Å². The van der Waals surface area contributed by atoms with E-state index in [0.29, 0.717) is 12.6 Å². The zero-order valence-electron chi connectivity index (χ0n) is 12.9. The third-order valence-corrected chi connectivity index (χ3v) is 4.22. The average Bonchev–Trinajstić information content (AvgIpc) is 2.44. The number of rotatable bonds is 8. The number of nitrogens with one attached hydrogen (secondary N) is 1. The second-order valence-electron chi connectivity index (χ2n) is 5.67. The minimum Gasteiger partial charge on any atom is -0.465 e. The van der Waals surface area contributed by atoms with Crippen LogP contribution < -0.4 is 5.32 Å². The Balaban J connectivity index is 2.55. The summed E-state index contributed by atoms with van der Waals surface area (Å²) in [4.78, 5) is 12.0. The minimum absolute atomic E-state index is 0.0707. The summed E-state index contributed by atoms with van der Waals surface area (Å²) >= 11 is 0. The number of carbonyl (C=O) groups excluding carboxylic acids is 1. The summed E-state index contributed by atoms with van der Waals surface area (Å²) in [7, 11) is 0. The van der Waals surface area contributed by atoms with Gasteiger partial charge in [-0.15, -0.1) is 0 Å². The second-order valence-corrected chi connectivity index (χ2v) is 5.67. The normalized spacial score (nSPS) is 19.9. The van der Waals surface area contributed by atoms with Crippen molar-refractivity contribution in [3.8, 4) is 0 Å². The van der Waals surface area contributed by atoms with E-state index in [1.165, 1.54) is 32.1 Å². The summed E-state index contributed by atoms with van der Waals surface area (Å²) in [6.45, 7) is 6.69. The van der Waals surface area contributed by atoms with E-state index in [1.807, 2.05) is 6.92 Å². The van der Waals surface area contributed by atoms with E-state index in [0.717, 1.165) is 25.2 Å². The number of hydrogen-bond donors (Lipinski definition) is 1. The lowest BCUT2D eigenvalue weighted by molar-refractivity contribution is -0.146. The minimum atomic E-state index is -0.114. The Kier molecular flexibility index (Phi) is 8.11. The fourth-order valence-corrected chi connectivity index (χ4v) is 3.18. The molecule has 0 aromatic rings. The van der Waals surface area contributed by atoms with Crippen molar-refractivity contribution in [2.75, 3.05) is 6.61 Å². The van der Waals surface area contributed by atoms with E-state index in [2.05, 4.69) is 19.2 Å². The second kappa shape index (κ2) is 9.35. The van der Waals surface area contributed by atoms with Gasteiger partial charge in [-0.25, -0.2) is 0 Å². The van der Waals surface area contributed by atoms with Crippen molar-refractivity contribution >= 4 is 5.97 Å². The molecule has 0 aromatic heterocycles. The first-order chi connectivity index (χ1) is 9.22. The Bertz CT molecular complexity index is 249. The van der Waals surface area contributed by atoms with Gasteiger partial charge in [0.1, 0.15) is 6.04 Å². The molecule has 1 aliphatic carbocycles. The van der Waals surface area contributed by atoms with Crippen LogP contribution >= 0.6 is 0 Å². The van der Waals surface area contributed by atoms with Crippen LogP contribution in [0.5, 0.6) is 0 Å². The van der Waals surface area contributed by atoms with E-state index in [4.69, 9.17) is 4.74 Å². The SMILES string of the molecule is CCCC(NC(CC)C1CCCCC1)C(=O)OCC. The smallest absolute Gasteiger partial charge is 0.323 e. The van der Waals surface area contributed by atoms with E-state index in [-0.39, 0.29) is 12.0 Å². The van der Waals surface area contributed by atoms with Gasteiger partial charge in [-0.3, -0.25) is 4.79 Å². The summed E-state index contributed by atoms with van der Waals surface area (Å²) in [5, 5.41) is 3.58. The Morgan fingerprint density at radius 2 is 1.89 bits per heavy atom. The quantitative estimate of drug-likeness (QED) is 0.683. The largest absolute Gasteiger partial charge is 0.465 e. The predicted octanol–water partition coefficient (Wildman–Crippen LogP) is 3.67. The molecule has 1 N–H and O–H groups in total. The Hall–Kier alpha value is -0.570. The molecule has 1 aliphatic rings. The molecular formula is C16H31NO2. The highest BCUT2D eigenvalue weighted by atomic mass is 16.5. The molecule has 0 radical (unpaired) electrons. The zero-order valence-corrected chi connectivity index (χ0v) is 12.9. The molecule has 0 heterocycles. The Labute approximate surface area is 118 Å². The van der Waals surface area contributed by atoms with E-state index < -0.39 is 0 Å². The highest BCUT2D eigenvalue weighted by molar-refractivity contribution is 5.75. The molecular weight excluding hydrogens is 238 g/mol. The fourth-order valence-electron chi connectivity index (χ4n) is 3.18. The number of esters is 1. The average molecular weight is 269 g/mol. The van der Waals surface area contributed by atoms with Crippen molar-refractivity contribution in [2.24, 2.45) is 5.92 Å². The van der Waals surface area contributed by atoms with Crippen LogP contribution in [0, 0.1) is 5.92 Å². The van der Waals surface area contributed by atoms with Crippen molar-refractivity contribution in [1.29, 1.82) is 0 Å². The van der Waals surface area contributed by atoms with Gasteiger partial charge in [0.2, 0.25) is 0 Å². The number of hydrogen-bond acceptors (Lipinski definition) is 3. The first kappa shape index (κ1) is 16.5. The van der Waals surface area contributed by atoms with Gasteiger partial charge >= 0.3 is 5.97 Å². The maximum absolute atomic E-state index is 12.0. The van der Waals surface area contributed by atoms with Gasteiger partial charge < -0.3 is 10.1 Å². The summed E-state index contributed by atoms with van der Waals surface area (Å²) < 4.78 is 5.19. The molecule has 3 heteroatoms. The molecule has 1 saturated carbocycles. The van der Waals surface area contributed by atoms with Crippen LogP contribution in [0.4, 0.5) is 0 Å². The van der Waals surface area contributed by atoms with Crippen molar-refractivity contribution in [1.82, 2.24) is 5.32 Å². The highest BCUT2D eigenvalue weighted by Gasteiger charge is 2.27. The third kappa shape index (κ3) is 5.52. The van der Waals surface area contributed by atoms with Crippen LogP contribution in [-0.4, -0.2) is 24.7 Å². The first-order valence-electron chi connectivity index (χ1n) is 8.15. The summed E-state index contributed by atoms with van der Waals surface area (Å²) in [6, 6.07) is 0.359. The lowest BCUT2D eigenvalue weighted by Crippen LogP contribution is -2.47. The highest BCUT2D eigenvalue weighted by Crippen LogP contribution is 2.28. The summed E-state index contributed by atoms with van der Waals surface area (Å²) in [5.74, 6) is 0.672. The van der Waals surface area contributed by atoms with E-state index >= 15 is 0 Å². The molecule has 3 nitrogen and oxygen atoms in total. The topological polar surface area (TPSA) is 38.3 Å². The summed E-state index contributed by atoms with van der Waals surface area (Å²) in [6.07, 6.45) is 9.69. The van der Waals surface area contributed by atoms with Crippen LogP contribution in [0.2, 0.25) is 0 Å². The lowest BCUT2D eigenvalue weighted by Gasteiger charge is -2.32. The van der Waals surface area contributed by atoms with Gasteiger partial charge in [0.05, 0.1) is 6.61 Å². The molecule has 112 valence electrons. The fraction of sp³-hybridized carbons (Fsp3) is 0.938. The molecule has 19 heavy (non-hydrogen) atoms. The van der Waals surface area contributed by atoms with Gasteiger partial charge in [0.15, 0.2) is 0 Å². The molecule has 0 bridgehead atoms. The van der Waals surface area contributed by atoms with Crippen LogP contribution in [0.1, 0.15) is 72.1 Å². The molecule has 2 atom stereocenters. The van der Waals surface area contributed by atoms with Crippen LogP contribution in [0.3, 0.4) is 0 Å². The van der Waals surface area contributed by atoms with Crippen LogP contribution in [0.25, 0.3) is 0 Å². The first-order valence-corrected chi connectivity index (χ1v) is 8.15. The van der Waals surface area contributed by atoms with Gasteiger partial charge in [-0.05, 0) is 38.5 Å². The zero-order chi connectivity index (χ0) is 14.1. The van der Waals surface area contributed by atoms with Gasteiger partial charge in [0.25, 0.3) is 0 Å². The molecule has 0 amide bonds. The van der Waals surface area contributed by atoms with Crippen molar-refractivity contribution in [3.05, 3.63) is 0 Å². The van der Waals surface area contributed by atoms with E-state index in [1.54, 1.807) is 0 Å². The molecule has 0 aromatic carbocycles. The Morgan fingerprint density at radius 3 is 2.42 bits per heavy atom. The maximum atomic E-state index is 12.0. The molecule has 0 spiro atoms. The number of carbonyl (C=O) groups is 1. The van der Waals surface area contributed by atoms with Crippen molar-refractivity contribution < 1.29 is 9.53 Å². The standard InChI is InChI=1S/C16H31NO2/c1-4-10-15(16(18)19-6-3)17-14(5-2)13-11-8-7-9-12-13/h13-15,17H,4-12H2,1-3H3. The van der Waals surface area contributed by atoms with E-state index in [9.17, 15) is 4.79 Å². The van der Waals surface area contributed by atoms with Crippen LogP contribution in [0.15, 0.2) is 0 Å².